The van der Waals surface area contributed by atoms with Crippen molar-refractivity contribution in [3.63, 3.8) is 0 Å². The zero-order chi connectivity index (χ0) is 19.6. The first-order chi connectivity index (χ1) is 12.9. The molecular weight excluding hydrogens is 364 g/mol. The van der Waals surface area contributed by atoms with Crippen LogP contribution in [0.25, 0.3) is 0 Å². The van der Waals surface area contributed by atoms with Crippen LogP contribution in [-0.2, 0) is 22.4 Å². The number of aliphatic carboxylic acids is 1. The second-order valence-corrected chi connectivity index (χ2v) is 8.90. The number of carboxylic acids is 1. The molecule has 1 saturated carbocycles. The molecule has 3 rings (SSSR count). The fraction of sp³-hybridized carbons (Fsp3) is 0.650. The van der Waals surface area contributed by atoms with Crippen LogP contribution in [0.3, 0.4) is 0 Å². The molecule has 0 bridgehead atoms. The van der Waals surface area contributed by atoms with E-state index in [1.807, 2.05) is 0 Å². The van der Waals surface area contributed by atoms with Crippen LogP contribution < -0.4 is 11.1 Å². The average molecular weight is 393 g/mol. The van der Waals surface area contributed by atoms with Gasteiger partial charge in [0.15, 0.2) is 0 Å². The zero-order valence-corrected chi connectivity index (χ0v) is 16.6. The van der Waals surface area contributed by atoms with Crippen LogP contribution in [-0.4, -0.2) is 22.9 Å². The van der Waals surface area contributed by atoms with Crippen molar-refractivity contribution >= 4 is 34.1 Å². The van der Waals surface area contributed by atoms with Crippen molar-refractivity contribution in [2.24, 2.45) is 23.5 Å². The first-order valence-electron chi connectivity index (χ1n) is 9.90. The summed E-state index contributed by atoms with van der Waals surface area (Å²) in [7, 11) is 0. The van der Waals surface area contributed by atoms with E-state index >= 15 is 0 Å². The van der Waals surface area contributed by atoms with Crippen LogP contribution in [0.15, 0.2) is 0 Å². The molecule has 1 aromatic rings. The molecule has 148 valence electrons. The molecule has 3 atom stereocenters. The van der Waals surface area contributed by atoms with Crippen LogP contribution in [0.4, 0.5) is 5.00 Å². The average Bonchev–Trinajstić information content (AvgIpc) is 2.99. The predicted molar refractivity (Wildman–Crippen MR) is 105 cm³/mol. The fourth-order valence-electron chi connectivity index (χ4n) is 4.60. The molecule has 2 amide bonds. The number of hydrogen-bond donors (Lipinski definition) is 3. The number of carboxylic acid groups (broad SMARTS) is 1. The monoisotopic (exact) mass is 392 g/mol. The van der Waals surface area contributed by atoms with E-state index in [-0.39, 0.29) is 5.91 Å². The number of carbonyl (C=O) groups excluding carboxylic acids is 2. The Morgan fingerprint density at radius 2 is 1.89 bits per heavy atom. The summed E-state index contributed by atoms with van der Waals surface area (Å²) in [5.41, 5.74) is 7.04. The number of thiophene rings is 1. The van der Waals surface area contributed by atoms with Gasteiger partial charge in [-0.05, 0) is 43.6 Å². The minimum Gasteiger partial charge on any atom is -0.481 e. The molecule has 6 nitrogen and oxygen atoms in total. The summed E-state index contributed by atoms with van der Waals surface area (Å²) < 4.78 is 0. The molecule has 1 aromatic heterocycles. The molecule has 0 aromatic carbocycles. The lowest BCUT2D eigenvalue weighted by molar-refractivity contribution is -0.147. The molecule has 1 fully saturated rings. The number of nitrogens with one attached hydrogen (secondary N) is 1. The van der Waals surface area contributed by atoms with E-state index in [1.165, 1.54) is 11.3 Å². The van der Waals surface area contributed by atoms with Crippen molar-refractivity contribution in [3.05, 3.63) is 16.0 Å². The molecule has 4 N–H and O–H groups in total. The third kappa shape index (κ3) is 4.18. The maximum absolute atomic E-state index is 12.8. The summed E-state index contributed by atoms with van der Waals surface area (Å²) in [6.45, 7) is 2.17. The predicted octanol–water partition coefficient (Wildman–Crippen LogP) is 3.58. The van der Waals surface area contributed by atoms with E-state index in [0.717, 1.165) is 55.4 Å². The Morgan fingerprint density at radius 3 is 2.52 bits per heavy atom. The van der Waals surface area contributed by atoms with Gasteiger partial charge in [-0.15, -0.1) is 11.3 Å². The van der Waals surface area contributed by atoms with Crippen LogP contribution in [0.1, 0.15) is 72.7 Å². The Morgan fingerprint density at radius 1 is 1.19 bits per heavy atom. The number of carbonyl (C=O) groups is 3. The second-order valence-electron chi connectivity index (χ2n) is 7.79. The van der Waals surface area contributed by atoms with Gasteiger partial charge in [-0.25, -0.2) is 0 Å². The zero-order valence-electron chi connectivity index (χ0n) is 15.8. The molecule has 0 radical (unpaired) electrons. The number of fused-ring (bicyclic) bond motifs is 1. The Kier molecular flexibility index (Phi) is 6.19. The molecule has 7 heteroatoms. The van der Waals surface area contributed by atoms with Gasteiger partial charge in [0.25, 0.3) is 5.91 Å². The number of nitrogens with two attached hydrogens (primary N) is 1. The normalized spacial score (nSPS) is 24.9. The first-order valence-corrected chi connectivity index (χ1v) is 10.7. The largest absolute Gasteiger partial charge is 0.481 e. The summed E-state index contributed by atoms with van der Waals surface area (Å²) >= 11 is 1.44. The number of rotatable bonds is 6. The number of hydrogen-bond acceptors (Lipinski definition) is 4. The van der Waals surface area contributed by atoms with Crippen molar-refractivity contribution in [1.29, 1.82) is 0 Å². The van der Waals surface area contributed by atoms with E-state index in [2.05, 4.69) is 12.2 Å². The highest BCUT2D eigenvalue weighted by Crippen LogP contribution is 2.41. The van der Waals surface area contributed by atoms with E-state index in [4.69, 9.17) is 5.73 Å². The van der Waals surface area contributed by atoms with Gasteiger partial charge >= 0.3 is 5.97 Å². The maximum atomic E-state index is 12.8. The number of amides is 2. The van der Waals surface area contributed by atoms with Gasteiger partial charge in [-0.1, -0.05) is 32.6 Å². The van der Waals surface area contributed by atoms with Gasteiger partial charge in [0, 0.05) is 4.88 Å². The Hall–Kier alpha value is -1.89. The Labute approximate surface area is 163 Å². The fourth-order valence-corrected chi connectivity index (χ4v) is 5.97. The Balaban J connectivity index is 1.83. The van der Waals surface area contributed by atoms with Crippen LogP contribution in [0.5, 0.6) is 0 Å². The lowest BCUT2D eigenvalue weighted by atomic mass is 9.78. The molecule has 0 aliphatic heterocycles. The van der Waals surface area contributed by atoms with Crippen molar-refractivity contribution < 1.29 is 19.5 Å². The first kappa shape index (κ1) is 19.9. The smallest absolute Gasteiger partial charge is 0.307 e. The molecule has 2 aliphatic carbocycles. The molecule has 0 spiro atoms. The number of anilines is 1. The van der Waals surface area contributed by atoms with Gasteiger partial charge < -0.3 is 16.2 Å². The molecule has 27 heavy (non-hydrogen) atoms. The molecule has 1 heterocycles. The maximum Gasteiger partial charge on any atom is 0.307 e. The van der Waals surface area contributed by atoms with E-state index < -0.39 is 23.7 Å². The lowest BCUT2D eigenvalue weighted by Crippen LogP contribution is -2.36. The Bertz CT molecular complexity index is 743. The second kappa shape index (κ2) is 8.42. The highest BCUT2D eigenvalue weighted by molar-refractivity contribution is 7.17. The van der Waals surface area contributed by atoms with Gasteiger partial charge in [-0.3, -0.25) is 14.4 Å². The summed E-state index contributed by atoms with van der Waals surface area (Å²) in [6, 6.07) is 0. The standard InChI is InChI=1S/C20H28N2O4S/c1-2-5-11-8-9-14-15(10-11)27-19(16(14)17(21)23)22-18(24)12-6-3-4-7-13(12)20(25)26/h11-13H,2-10H2,1H3,(H2,21,23)(H,22,24)(H,25,26)/t11-,12+,13-/m0/s1. The molecule has 2 aliphatic rings. The van der Waals surface area contributed by atoms with Crippen LogP contribution in [0.2, 0.25) is 0 Å². The van der Waals surface area contributed by atoms with Crippen molar-refractivity contribution in [1.82, 2.24) is 0 Å². The molecular formula is C20H28N2O4S. The topological polar surface area (TPSA) is 109 Å². The van der Waals surface area contributed by atoms with Crippen molar-refractivity contribution in [3.8, 4) is 0 Å². The van der Waals surface area contributed by atoms with Crippen LogP contribution in [0, 0.1) is 17.8 Å². The SMILES string of the molecule is CCC[C@H]1CCc2c(sc(NC(=O)[C@@H]3CCCC[C@@H]3C(=O)O)c2C(N)=O)C1. The lowest BCUT2D eigenvalue weighted by Gasteiger charge is -2.27. The minimum absolute atomic E-state index is 0.298. The van der Waals surface area contributed by atoms with Crippen LogP contribution >= 0.6 is 11.3 Å². The summed E-state index contributed by atoms with van der Waals surface area (Å²) in [4.78, 5) is 37.5. The summed E-state index contributed by atoms with van der Waals surface area (Å²) in [5.74, 6) is -2.33. The van der Waals surface area contributed by atoms with Gasteiger partial charge in [0.2, 0.25) is 5.91 Å². The third-order valence-corrected chi connectivity index (χ3v) is 7.14. The van der Waals surface area contributed by atoms with E-state index in [0.29, 0.717) is 29.3 Å². The minimum atomic E-state index is -0.919. The molecule has 0 saturated heterocycles. The van der Waals surface area contributed by atoms with Gasteiger partial charge in [0.05, 0.1) is 17.4 Å². The highest BCUT2D eigenvalue weighted by atomic mass is 32.1. The summed E-state index contributed by atoms with van der Waals surface area (Å²) in [6.07, 6.45) is 7.84. The molecule has 0 unspecified atom stereocenters. The van der Waals surface area contributed by atoms with Gasteiger partial charge in [-0.2, -0.15) is 0 Å². The summed E-state index contributed by atoms with van der Waals surface area (Å²) in [5, 5.41) is 12.8. The van der Waals surface area contributed by atoms with E-state index in [1.54, 1.807) is 0 Å². The van der Waals surface area contributed by atoms with E-state index in [9.17, 15) is 19.5 Å². The van der Waals surface area contributed by atoms with Crippen molar-refractivity contribution in [2.75, 3.05) is 5.32 Å². The number of primary amides is 1. The highest BCUT2D eigenvalue weighted by Gasteiger charge is 2.37. The van der Waals surface area contributed by atoms with Crippen molar-refractivity contribution in [2.45, 2.75) is 64.7 Å². The quantitative estimate of drug-likeness (QED) is 0.687. The van der Waals surface area contributed by atoms with Gasteiger partial charge in [0.1, 0.15) is 5.00 Å². The third-order valence-electron chi connectivity index (χ3n) is 5.97.